The van der Waals surface area contributed by atoms with Crippen LogP contribution >= 0.6 is 11.6 Å². The van der Waals surface area contributed by atoms with Gasteiger partial charge in [0.05, 0.1) is 5.41 Å². The predicted molar refractivity (Wildman–Crippen MR) is 81.0 cm³/mol. The minimum atomic E-state index is -0.450. The molecule has 0 saturated carbocycles. The number of rotatable bonds is 3. The molecule has 0 aromatic heterocycles. The number of hydrogen-bond acceptors (Lipinski definition) is 3. The zero-order valence-corrected chi connectivity index (χ0v) is 13.0. The van der Waals surface area contributed by atoms with E-state index in [-0.39, 0.29) is 12.0 Å². The fourth-order valence-electron chi connectivity index (χ4n) is 2.43. The Labute approximate surface area is 125 Å². The lowest BCUT2D eigenvalue weighted by Crippen LogP contribution is -2.34. The summed E-state index contributed by atoms with van der Waals surface area (Å²) < 4.78 is 5.44. The largest absolute Gasteiger partial charge is 0.464 e. The highest BCUT2D eigenvalue weighted by atomic mass is 35.5. The minimum Gasteiger partial charge on any atom is -0.464 e. The number of hydrogen-bond donors (Lipinski definition) is 1. The van der Waals surface area contributed by atoms with Gasteiger partial charge in [-0.25, -0.2) is 0 Å². The first kappa shape index (κ1) is 15.3. The van der Waals surface area contributed by atoms with Crippen molar-refractivity contribution in [2.24, 2.45) is 5.41 Å². The van der Waals surface area contributed by atoms with Crippen LogP contribution in [0.1, 0.15) is 38.7 Å². The van der Waals surface area contributed by atoms with Gasteiger partial charge >= 0.3 is 5.97 Å². The summed E-state index contributed by atoms with van der Waals surface area (Å²) in [6, 6.07) is 8.11. The summed E-state index contributed by atoms with van der Waals surface area (Å²) in [5, 5.41) is 4.16. The Morgan fingerprint density at radius 1 is 1.35 bits per heavy atom. The topological polar surface area (TPSA) is 38.3 Å². The lowest BCUT2D eigenvalue weighted by Gasteiger charge is -2.23. The lowest BCUT2D eigenvalue weighted by molar-refractivity contribution is -0.153. The number of halogens is 1. The van der Waals surface area contributed by atoms with Gasteiger partial charge in [0.2, 0.25) is 0 Å². The van der Waals surface area contributed by atoms with Crippen LogP contribution < -0.4 is 5.32 Å². The molecule has 1 aromatic rings. The number of esters is 1. The molecular formula is C16H22ClNO2. The average Bonchev–Trinajstić information content (AvgIpc) is 2.84. The van der Waals surface area contributed by atoms with E-state index in [0.717, 1.165) is 18.0 Å². The molecular weight excluding hydrogens is 274 g/mol. The van der Waals surface area contributed by atoms with Crippen LogP contribution in [0.25, 0.3) is 0 Å². The standard InChI is InChI=1S/C16H22ClNO2/c1-16(2,3)15(19)20-10-14-13(8-9-18-14)11-4-6-12(17)7-5-11/h4-7,13-14,18H,8-10H2,1-3H3. The van der Waals surface area contributed by atoms with Gasteiger partial charge in [-0.15, -0.1) is 0 Å². The van der Waals surface area contributed by atoms with Crippen LogP contribution in [0.2, 0.25) is 5.02 Å². The molecule has 2 unspecified atom stereocenters. The van der Waals surface area contributed by atoms with E-state index in [1.165, 1.54) is 5.56 Å². The van der Waals surface area contributed by atoms with Gasteiger partial charge in [-0.1, -0.05) is 23.7 Å². The summed E-state index contributed by atoms with van der Waals surface area (Å²) in [5.41, 5.74) is 0.796. The van der Waals surface area contributed by atoms with Crippen LogP contribution in [-0.4, -0.2) is 25.2 Å². The van der Waals surface area contributed by atoms with Gasteiger partial charge in [0.25, 0.3) is 0 Å². The fraction of sp³-hybridized carbons (Fsp3) is 0.562. The third-order valence-corrected chi connectivity index (χ3v) is 3.90. The second kappa shape index (κ2) is 6.15. The van der Waals surface area contributed by atoms with Crippen molar-refractivity contribution in [2.75, 3.05) is 13.2 Å². The lowest BCUT2D eigenvalue weighted by atomic mass is 9.92. The molecule has 2 atom stereocenters. The van der Waals surface area contributed by atoms with Crippen molar-refractivity contribution < 1.29 is 9.53 Å². The molecule has 1 heterocycles. The second-order valence-electron chi connectivity index (χ2n) is 6.36. The zero-order valence-electron chi connectivity index (χ0n) is 12.3. The molecule has 1 aliphatic rings. The molecule has 3 nitrogen and oxygen atoms in total. The Morgan fingerprint density at radius 2 is 2.00 bits per heavy atom. The maximum atomic E-state index is 11.8. The van der Waals surface area contributed by atoms with Crippen LogP contribution in [0.3, 0.4) is 0 Å². The maximum absolute atomic E-state index is 11.8. The van der Waals surface area contributed by atoms with Gasteiger partial charge in [-0.05, 0) is 51.4 Å². The van der Waals surface area contributed by atoms with Crippen LogP contribution in [0, 0.1) is 5.41 Å². The van der Waals surface area contributed by atoms with Crippen molar-refractivity contribution in [1.82, 2.24) is 5.32 Å². The fourth-order valence-corrected chi connectivity index (χ4v) is 2.56. The average molecular weight is 296 g/mol. The van der Waals surface area contributed by atoms with Gasteiger partial charge in [0, 0.05) is 17.0 Å². The number of ether oxygens (including phenoxy) is 1. The van der Waals surface area contributed by atoms with Crippen molar-refractivity contribution >= 4 is 17.6 Å². The first-order valence-electron chi connectivity index (χ1n) is 7.04. The van der Waals surface area contributed by atoms with Crippen molar-refractivity contribution in [3.05, 3.63) is 34.9 Å². The molecule has 1 fully saturated rings. The SMILES string of the molecule is CC(C)(C)C(=O)OCC1NCCC1c1ccc(Cl)cc1. The van der Waals surface area contributed by atoms with E-state index in [9.17, 15) is 4.79 Å². The molecule has 1 saturated heterocycles. The number of carbonyl (C=O) groups excluding carboxylic acids is 1. The van der Waals surface area contributed by atoms with Crippen LogP contribution in [0.4, 0.5) is 0 Å². The molecule has 0 aliphatic carbocycles. The number of benzene rings is 1. The van der Waals surface area contributed by atoms with Gasteiger partial charge in [0.1, 0.15) is 6.61 Å². The molecule has 2 rings (SSSR count). The molecule has 1 aromatic carbocycles. The van der Waals surface area contributed by atoms with E-state index in [4.69, 9.17) is 16.3 Å². The normalized spacial score (nSPS) is 22.8. The van der Waals surface area contributed by atoms with E-state index >= 15 is 0 Å². The summed E-state index contributed by atoms with van der Waals surface area (Å²) in [6.07, 6.45) is 1.05. The number of nitrogens with one attached hydrogen (secondary N) is 1. The van der Waals surface area contributed by atoms with E-state index in [0.29, 0.717) is 12.5 Å². The van der Waals surface area contributed by atoms with Crippen LogP contribution in [-0.2, 0) is 9.53 Å². The first-order valence-corrected chi connectivity index (χ1v) is 7.42. The summed E-state index contributed by atoms with van der Waals surface area (Å²) in [4.78, 5) is 11.8. The maximum Gasteiger partial charge on any atom is 0.311 e. The second-order valence-corrected chi connectivity index (χ2v) is 6.79. The van der Waals surface area contributed by atoms with Crippen molar-refractivity contribution in [2.45, 2.75) is 39.2 Å². The molecule has 0 amide bonds. The third-order valence-electron chi connectivity index (χ3n) is 3.65. The Balaban J connectivity index is 1.98. The molecule has 0 spiro atoms. The molecule has 0 radical (unpaired) electrons. The van der Waals surface area contributed by atoms with Crippen molar-refractivity contribution in [3.63, 3.8) is 0 Å². The molecule has 4 heteroatoms. The van der Waals surface area contributed by atoms with Gasteiger partial charge < -0.3 is 10.1 Å². The monoisotopic (exact) mass is 295 g/mol. The summed E-state index contributed by atoms with van der Waals surface area (Å²) in [7, 11) is 0. The molecule has 1 aliphatic heterocycles. The van der Waals surface area contributed by atoms with Gasteiger partial charge in [0.15, 0.2) is 0 Å². The van der Waals surface area contributed by atoms with E-state index in [2.05, 4.69) is 17.4 Å². The van der Waals surface area contributed by atoms with Gasteiger partial charge in [-0.2, -0.15) is 0 Å². The number of carbonyl (C=O) groups is 1. The minimum absolute atomic E-state index is 0.152. The highest BCUT2D eigenvalue weighted by Gasteiger charge is 2.31. The molecule has 1 N–H and O–H groups in total. The Bertz CT molecular complexity index is 464. The summed E-state index contributed by atoms with van der Waals surface area (Å²) in [6.45, 7) is 6.98. The van der Waals surface area contributed by atoms with Crippen LogP contribution in [0.5, 0.6) is 0 Å². The quantitative estimate of drug-likeness (QED) is 0.869. The Kier molecular flexibility index (Phi) is 4.71. The van der Waals surface area contributed by atoms with Crippen molar-refractivity contribution in [1.29, 1.82) is 0 Å². The van der Waals surface area contributed by atoms with E-state index in [1.54, 1.807) is 0 Å². The van der Waals surface area contributed by atoms with Gasteiger partial charge in [-0.3, -0.25) is 4.79 Å². The summed E-state index contributed by atoms with van der Waals surface area (Å²) in [5.74, 6) is 0.223. The van der Waals surface area contributed by atoms with E-state index in [1.807, 2.05) is 32.9 Å². The van der Waals surface area contributed by atoms with E-state index < -0.39 is 5.41 Å². The smallest absolute Gasteiger partial charge is 0.311 e. The zero-order chi connectivity index (χ0) is 14.8. The molecule has 110 valence electrons. The highest BCUT2D eigenvalue weighted by molar-refractivity contribution is 6.30. The predicted octanol–water partition coefficient (Wildman–Crippen LogP) is 3.37. The molecule has 0 bridgehead atoms. The van der Waals surface area contributed by atoms with Crippen LogP contribution in [0.15, 0.2) is 24.3 Å². The highest BCUT2D eigenvalue weighted by Crippen LogP contribution is 2.29. The Morgan fingerprint density at radius 3 is 2.60 bits per heavy atom. The molecule has 20 heavy (non-hydrogen) atoms. The summed E-state index contributed by atoms with van der Waals surface area (Å²) >= 11 is 5.92. The van der Waals surface area contributed by atoms with Crippen molar-refractivity contribution in [3.8, 4) is 0 Å². The Hall–Kier alpha value is -1.06. The first-order chi connectivity index (χ1) is 9.38. The third kappa shape index (κ3) is 3.74.